The van der Waals surface area contributed by atoms with Gasteiger partial charge in [0, 0.05) is 18.9 Å². The SMILES string of the molecule is CCN(Cc1ccccn1)S(=O)(=O)c1ccnc(Cl)c1. The van der Waals surface area contributed by atoms with Crippen molar-refractivity contribution in [2.45, 2.75) is 18.4 Å². The lowest BCUT2D eigenvalue weighted by Gasteiger charge is -2.20. The topological polar surface area (TPSA) is 63.2 Å². The number of pyridine rings is 2. The van der Waals surface area contributed by atoms with Crippen LogP contribution in [0.15, 0.2) is 47.6 Å². The Bertz CT molecular complexity index is 677. The largest absolute Gasteiger partial charge is 0.260 e. The summed E-state index contributed by atoms with van der Waals surface area (Å²) in [7, 11) is -3.60. The van der Waals surface area contributed by atoms with E-state index in [0.29, 0.717) is 12.2 Å². The molecule has 0 atom stereocenters. The molecule has 2 rings (SSSR count). The zero-order valence-electron chi connectivity index (χ0n) is 10.9. The van der Waals surface area contributed by atoms with E-state index in [4.69, 9.17) is 11.6 Å². The molecule has 0 unspecified atom stereocenters. The zero-order chi connectivity index (χ0) is 14.6. The van der Waals surface area contributed by atoms with Crippen LogP contribution in [0.5, 0.6) is 0 Å². The fraction of sp³-hybridized carbons (Fsp3) is 0.231. The first kappa shape index (κ1) is 14.9. The van der Waals surface area contributed by atoms with Crippen LogP contribution in [0.1, 0.15) is 12.6 Å². The van der Waals surface area contributed by atoms with Crippen LogP contribution in [-0.2, 0) is 16.6 Å². The maximum Gasteiger partial charge on any atom is 0.243 e. The summed E-state index contributed by atoms with van der Waals surface area (Å²) in [4.78, 5) is 8.07. The van der Waals surface area contributed by atoms with Crippen LogP contribution in [-0.4, -0.2) is 29.2 Å². The second-order valence-electron chi connectivity index (χ2n) is 4.07. The van der Waals surface area contributed by atoms with Crippen molar-refractivity contribution < 1.29 is 8.42 Å². The van der Waals surface area contributed by atoms with Crippen molar-refractivity contribution in [1.82, 2.24) is 14.3 Å². The van der Waals surface area contributed by atoms with Gasteiger partial charge in [-0.2, -0.15) is 4.31 Å². The Labute approximate surface area is 123 Å². The maximum atomic E-state index is 12.5. The average Bonchev–Trinajstić information content (AvgIpc) is 2.45. The second kappa shape index (κ2) is 6.30. The number of rotatable bonds is 5. The highest BCUT2D eigenvalue weighted by atomic mass is 35.5. The Balaban J connectivity index is 2.31. The quantitative estimate of drug-likeness (QED) is 0.795. The van der Waals surface area contributed by atoms with Crippen LogP contribution in [0.3, 0.4) is 0 Å². The molecule has 2 aromatic heterocycles. The lowest BCUT2D eigenvalue weighted by molar-refractivity contribution is 0.419. The molecule has 0 saturated heterocycles. The van der Waals surface area contributed by atoms with E-state index in [1.807, 2.05) is 6.07 Å². The van der Waals surface area contributed by atoms with E-state index in [1.165, 1.54) is 22.6 Å². The summed E-state index contributed by atoms with van der Waals surface area (Å²) in [6, 6.07) is 8.18. The van der Waals surface area contributed by atoms with Gasteiger partial charge in [-0.15, -0.1) is 0 Å². The first-order chi connectivity index (χ1) is 9.54. The molecular formula is C13H14ClN3O2S. The van der Waals surface area contributed by atoms with E-state index < -0.39 is 10.0 Å². The molecule has 0 aliphatic rings. The summed E-state index contributed by atoms with van der Waals surface area (Å²) in [6.07, 6.45) is 3.02. The van der Waals surface area contributed by atoms with Gasteiger partial charge < -0.3 is 0 Å². The minimum atomic E-state index is -3.60. The molecule has 0 fully saturated rings. The van der Waals surface area contributed by atoms with Crippen LogP contribution in [0.2, 0.25) is 5.15 Å². The summed E-state index contributed by atoms with van der Waals surface area (Å²) in [6.45, 7) is 2.35. The van der Waals surface area contributed by atoms with Crippen LogP contribution in [0.4, 0.5) is 0 Å². The molecular weight excluding hydrogens is 298 g/mol. The van der Waals surface area contributed by atoms with Gasteiger partial charge in [0.25, 0.3) is 0 Å². The normalized spacial score (nSPS) is 11.8. The number of aromatic nitrogens is 2. The summed E-state index contributed by atoms with van der Waals surface area (Å²) in [5.41, 5.74) is 0.693. The zero-order valence-corrected chi connectivity index (χ0v) is 12.5. The van der Waals surface area contributed by atoms with E-state index in [0.717, 1.165) is 0 Å². The third-order valence-corrected chi connectivity index (χ3v) is 4.88. The van der Waals surface area contributed by atoms with Crippen LogP contribution >= 0.6 is 11.6 Å². The molecule has 2 heterocycles. The summed E-state index contributed by atoms with van der Waals surface area (Å²) < 4.78 is 26.4. The van der Waals surface area contributed by atoms with Gasteiger partial charge in [-0.25, -0.2) is 13.4 Å². The third kappa shape index (κ3) is 3.33. The third-order valence-electron chi connectivity index (χ3n) is 2.75. The molecule has 20 heavy (non-hydrogen) atoms. The number of nitrogens with zero attached hydrogens (tertiary/aromatic N) is 3. The van der Waals surface area contributed by atoms with Gasteiger partial charge in [-0.3, -0.25) is 4.98 Å². The number of hydrogen-bond acceptors (Lipinski definition) is 4. The fourth-order valence-electron chi connectivity index (χ4n) is 1.73. The maximum absolute atomic E-state index is 12.5. The fourth-order valence-corrected chi connectivity index (χ4v) is 3.41. The molecule has 0 aromatic carbocycles. The molecule has 0 spiro atoms. The smallest absolute Gasteiger partial charge is 0.243 e. The molecule has 0 radical (unpaired) electrons. The Morgan fingerprint density at radius 1 is 1.20 bits per heavy atom. The predicted octanol–water partition coefficient (Wildman–Crippen LogP) is 2.34. The van der Waals surface area contributed by atoms with Crippen molar-refractivity contribution in [2.75, 3.05) is 6.54 Å². The van der Waals surface area contributed by atoms with Gasteiger partial charge in [0.05, 0.1) is 17.1 Å². The van der Waals surface area contributed by atoms with E-state index in [-0.39, 0.29) is 16.6 Å². The van der Waals surface area contributed by atoms with E-state index in [2.05, 4.69) is 9.97 Å². The van der Waals surface area contributed by atoms with Crippen molar-refractivity contribution in [3.8, 4) is 0 Å². The minimum Gasteiger partial charge on any atom is -0.260 e. The number of hydrogen-bond donors (Lipinski definition) is 0. The van der Waals surface area contributed by atoms with Crippen LogP contribution in [0, 0.1) is 0 Å². The second-order valence-corrected chi connectivity index (χ2v) is 6.39. The summed E-state index contributed by atoms with van der Waals surface area (Å²) in [5, 5.41) is 0.153. The lowest BCUT2D eigenvalue weighted by atomic mass is 10.3. The molecule has 0 amide bonds. The van der Waals surface area contributed by atoms with Crippen LogP contribution < -0.4 is 0 Å². The summed E-state index contributed by atoms with van der Waals surface area (Å²) in [5.74, 6) is 0. The molecule has 106 valence electrons. The Hall–Kier alpha value is -1.50. The molecule has 5 nitrogen and oxygen atoms in total. The van der Waals surface area contributed by atoms with E-state index in [1.54, 1.807) is 25.3 Å². The molecule has 0 N–H and O–H groups in total. The van der Waals surface area contributed by atoms with Gasteiger partial charge >= 0.3 is 0 Å². The molecule has 0 aliphatic carbocycles. The van der Waals surface area contributed by atoms with Crippen molar-refractivity contribution >= 4 is 21.6 Å². The highest BCUT2D eigenvalue weighted by Gasteiger charge is 2.23. The lowest BCUT2D eigenvalue weighted by Crippen LogP contribution is -2.30. The van der Waals surface area contributed by atoms with Crippen molar-refractivity contribution in [1.29, 1.82) is 0 Å². The number of sulfonamides is 1. The van der Waals surface area contributed by atoms with Gasteiger partial charge in [0.15, 0.2) is 0 Å². The highest BCUT2D eigenvalue weighted by molar-refractivity contribution is 7.89. The van der Waals surface area contributed by atoms with Crippen molar-refractivity contribution in [3.05, 3.63) is 53.6 Å². The molecule has 0 aliphatic heterocycles. The Kier molecular flexibility index (Phi) is 4.69. The van der Waals surface area contributed by atoms with Gasteiger partial charge in [-0.1, -0.05) is 24.6 Å². The predicted molar refractivity (Wildman–Crippen MR) is 76.8 cm³/mol. The van der Waals surface area contributed by atoms with E-state index in [9.17, 15) is 8.42 Å². The van der Waals surface area contributed by atoms with Gasteiger partial charge in [0.1, 0.15) is 5.15 Å². The van der Waals surface area contributed by atoms with Crippen molar-refractivity contribution in [3.63, 3.8) is 0 Å². The highest BCUT2D eigenvalue weighted by Crippen LogP contribution is 2.19. The average molecular weight is 312 g/mol. The van der Waals surface area contributed by atoms with Crippen LogP contribution in [0.25, 0.3) is 0 Å². The molecule has 2 aromatic rings. The molecule has 0 bridgehead atoms. The van der Waals surface area contributed by atoms with Gasteiger partial charge in [-0.05, 0) is 24.3 Å². The molecule has 7 heteroatoms. The monoisotopic (exact) mass is 311 g/mol. The minimum absolute atomic E-state index is 0.135. The standard InChI is InChI=1S/C13H14ClN3O2S/c1-2-17(10-11-5-3-4-7-15-11)20(18,19)12-6-8-16-13(14)9-12/h3-9H,2,10H2,1H3. The van der Waals surface area contributed by atoms with Gasteiger partial charge in [0.2, 0.25) is 10.0 Å². The first-order valence-electron chi connectivity index (χ1n) is 6.05. The van der Waals surface area contributed by atoms with Crippen molar-refractivity contribution in [2.24, 2.45) is 0 Å². The Morgan fingerprint density at radius 3 is 2.60 bits per heavy atom. The number of halogens is 1. The van der Waals surface area contributed by atoms with E-state index >= 15 is 0 Å². The summed E-state index contributed by atoms with van der Waals surface area (Å²) >= 11 is 5.75. The Morgan fingerprint density at radius 2 is 2.00 bits per heavy atom. The first-order valence-corrected chi connectivity index (χ1v) is 7.87. The molecule has 0 saturated carbocycles.